The second-order valence-electron chi connectivity index (χ2n) is 9.78. The van der Waals surface area contributed by atoms with Gasteiger partial charge in [0.1, 0.15) is 29.6 Å². The number of nitrogens with one attached hydrogen (secondary N) is 3. The van der Waals surface area contributed by atoms with Gasteiger partial charge in [0.05, 0.1) is 12.5 Å². The van der Waals surface area contributed by atoms with Crippen LogP contribution in [0.4, 0.5) is 0 Å². The number of phenolic OH excluding ortho intramolecular Hbond substituents is 2. The number of carbonyl (C=O) groups excluding carboxylic acids is 3. The largest absolute Gasteiger partial charge is 0.508 e. The first kappa shape index (κ1) is 32.6. The number of phenols is 2. The molecule has 0 saturated heterocycles. The lowest BCUT2D eigenvalue weighted by Gasteiger charge is -2.26. The van der Waals surface area contributed by atoms with E-state index < -0.39 is 66.2 Å². The highest BCUT2D eigenvalue weighted by Crippen LogP contribution is 2.14. The van der Waals surface area contributed by atoms with E-state index in [0.29, 0.717) is 17.5 Å². The van der Waals surface area contributed by atoms with Gasteiger partial charge in [-0.05, 0) is 47.7 Å². The highest BCUT2D eigenvalue weighted by molar-refractivity contribution is 5.95. The number of amides is 3. The van der Waals surface area contributed by atoms with Gasteiger partial charge in [-0.25, -0.2) is 4.79 Å². The van der Waals surface area contributed by atoms with Gasteiger partial charge in [0.2, 0.25) is 17.7 Å². The lowest BCUT2D eigenvalue weighted by atomic mass is 9.98. The van der Waals surface area contributed by atoms with Crippen LogP contribution in [0.2, 0.25) is 0 Å². The Morgan fingerprint density at radius 1 is 0.732 bits per heavy atom. The van der Waals surface area contributed by atoms with Crippen molar-refractivity contribution in [3.8, 4) is 11.5 Å². The molecule has 9 N–H and O–H groups in total. The molecule has 0 aliphatic carbocycles. The number of hydrogen-bond acceptors (Lipinski definition) is 8. The van der Waals surface area contributed by atoms with Crippen molar-refractivity contribution >= 4 is 29.7 Å². The van der Waals surface area contributed by atoms with E-state index in [4.69, 9.17) is 5.73 Å². The molecule has 0 radical (unpaired) electrons. The van der Waals surface area contributed by atoms with E-state index in [9.17, 15) is 44.4 Å². The lowest BCUT2D eigenvalue weighted by Crippen LogP contribution is -2.58. The normalized spacial score (nSPS) is 14.5. The zero-order valence-corrected chi connectivity index (χ0v) is 22.7. The molecule has 0 fully saturated rings. The van der Waals surface area contributed by atoms with Crippen molar-refractivity contribution < 1.29 is 44.4 Å². The number of nitrogens with two attached hydrogens (primary N) is 1. The third-order valence-electron chi connectivity index (χ3n) is 6.53. The van der Waals surface area contributed by atoms with Crippen molar-refractivity contribution in [1.29, 1.82) is 0 Å². The first-order valence-electron chi connectivity index (χ1n) is 13.0. The molecule has 0 spiro atoms. The Morgan fingerprint density at radius 2 is 1.20 bits per heavy atom. The van der Waals surface area contributed by atoms with Gasteiger partial charge in [-0.15, -0.1) is 0 Å². The third kappa shape index (κ3) is 10.4. The SMILES string of the molecule is CCC(C)C(NC(=O)C(CC(=O)O)NC(=O)C(Cc1ccc(O)cc1)NC(=O)C(N)Cc1ccc(O)cc1)C(=O)O. The van der Waals surface area contributed by atoms with Crippen LogP contribution in [0.1, 0.15) is 37.8 Å². The molecule has 2 aromatic rings. The third-order valence-corrected chi connectivity index (χ3v) is 6.53. The number of aromatic hydroxyl groups is 2. The average Bonchev–Trinajstić information content (AvgIpc) is 2.92. The first-order chi connectivity index (χ1) is 19.3. The van der Waals surface area contributed by atoms with Gasteiger partial charge >= 0.3 is 11.9 Å². The summed E-state index contributed by atoms with van der Waals surface area (Å²) in [6.45, 7) is 3.33. The molecule has 5 unspecified atom stereocenters. The van der Waals surface area contributed by atoms with Gasteiger partial charge in [-0.2, -0.15) is 0 Å². The topological polar surface area (TPSA) is 228 Å². The number of hydrogen-bond donors (Lipinski definition) is 8. The highest BCUT2D eigenvalue weighted by atomic mass is 16.4. The monoisotopic (exact) mass is 572 g/mol. The molecule has 2 rings (SSSR count). The Bertz CT molecular complexity index is 1220. The maximum absolute atomic E-state index is 13.3. The van der Waals surface area contributed by atoms with Crippen LogP contribution in [0.5, 0.6) is 11.5 Å². The number of rotatable bonds is 15. The van der Waals surface area contributed by atoms with Gasteiger partial charge in [-0.3, -0.25) is 19.2 Å². The summed E-state index contributed by atoms with van der Waals surface area (Å²) in [4.78, 5) is 62.4. The van der Waals surface area contributed by atoms with Crippen molar-refractivity contribution in [2.24, 2.45) is 11.7 Å². The van der Waals surface area contributed by atoms with E-state index in [2.05, 4.69) is 16.0 Å². The molecule has 0 aromatic heterocycles. The summed E-state index contributed by atoms with van der Waals surface area (Å²) in [6, 6.07) is 6.47. The molecule has 3 amide bonds. The summed E-state index contributed by atoms with van der Waals surface area (Å²) in [5.74, 6) is -5.82. The highest BCUT2D eigenvalue weighted by Gasteiger charge is 2.33. The summed E-state index contributed by atoms with van der Waals surface area (Å²) in [7, 11) is 0. The molecule has 2 aromatic carbocycles. The predicted octanol–water partition coefficient (Wildman–Crippen LogP) is 0.270. The number of benzene rings is 2. The summed E-state index contributed by atoms with van der Waals surface area (Å²) in [5, 5.41) is 45.0. The smallest absolute Gasteiger partial charge is 0.326 e. The molecule has 0 saturated carbocycles. The van der Waals surface area contributed by atoms with Crippen LogP contribution in [0.15, 0.2) is 48.5 Å². The molecule has 41 heavy (non-hydrogen) atoms. The second-order valence-corrected chi connectivity index (χ2v) is 9.78. The molecule has 222 valence electrons. The van der Waals surface area contributed by atoms with Crippen LogP contribution >= 0.6 is 0 Å². The van der Waals surface area contributed by atoms with E-state index in [1.165, 1.54) is 36.4 Å². The Hall–Kier alpha value is -4.65. The van der Waals surface area contributed by atoms with Crippen LogP contribution in [-0.2, 0) is 36.8 Å². The Kier molecular flexibility index (Phi) is 12.1. The number of carbonyl (C=O) groups is 5. The van der Waals surface area contributed by atoms with E-state index in [1.54, 1.807) is 26.0 Å². The van der Waals surface area contributed by atoms with Crippen molar-refractivity contribution in [3.05, 3.63) is 59.7 Å². The fourth-order valence-corrected chi connectivity index (χ4v) is 3.93. The molecule has 0 aliphatic heterocycles. The predicted molar refractivity (Wildman–Crippen MR) is 147 cm³/mol. The van der Waals surface area contributed by atoms with Gasteiger partial charge in [0, 0.05) is 6.42 Å². The van der Waals surface area contributed by atoms with E-state index in [-0.39, 0.29) is 24.3 Å². The molecule has 13 heteroatoms. The summed E-state index contributed by atoms with van der Waals surface area (Å²) in [6.07, 6.45) is -0.450. The summed E-state index contributed by atoms with van der Waals surface area (Å²) >= 11 is 0. The van der Waals surface area contributed by atoms with Gasteiger partial charge in [-0.1, -0.05) is 44.5 Å². The van der Waals surface area contributed by atoms with Crippen molar-refractivity contribution in [3.63, 3.8) is 0 Å². The maximum Gasteiger partial charge on any atom is 0.326 e. The second kappa shape index (κ2) is 15.2. The quantitative estimate of drug-likeness (QED) is 0.145. The number of aliphatic carboxylic acids is 2. The van der Waals surface area contributed by atoms with Crippen LogP contribution in [0, 0.1) is 5.92 Å². The molecule has 0 aliphatic rings. The minimum atomic E-state index is -1.64. The minimum Gasteiger partial charge on any atom is -0.508 e. The number of carboxylic acid groups (broad SMARTS) is 2. The first-order valence-corrected chi connectivity index (χ1v) is 13.0. The van der Waals surface area contributed by atoms with Crippen LogP contribution in [0.3, 0.4) is 0 Å². The van der Waals surface area contributed by atoms with Crippen molar-refractivity contribution in [2.45, 2.75) is 63.7 Å². The fourth-order valence-electron chi connectivity index (χ4n) is 3.93. The van der Waals surface area contributed by atoms with E-state index in [1.807, 2.05) is 0 Å². The lowest BCUT2D eigenvalue weighted by molar-refractivity contribution is -0.144. The zero-order valence-electron chi connectivity index (χ0n) is 22.7. The molecule has 13 nitrogen and oxygen atoms in total. The Balaban J connectivity index is 2.26. The Morgan fingerprint density at radius 3 is 1.66 bits per heavy atom. The fraction of sp³-hybridized carbons (Fsp3) is 0.393. The van der Waals surface area contributed by atoms with Crippen molar-refractivity contribution in [1.82, 2.24) is 16.0 Å². The number of carboxylic acids is 2. The van der Waals surface area contributed by atoms with Gasteiger partial charge < -0.3 is 42.1 Å². The van der Waals surface area contributed by atoms with Gasteiger partial charge in [0.25, 0.3) is 0 Å². The molecule has 0 bridgehead atoms. The van der Waals surface area contributed by atoms with Crippen LogP contribution in [0.25, 0.3) is 0 Å². The van der Waals surface area contributed by atoms with E-state index in [0.717, 1.165) is 0 Å². The van der Waals surface area contributed by atoms with E-state index >= 15 is 0 Å². The van der Waals surface area contributed by atoms with Crippen LogP contribution in [-0.4, -0.2) is 74.3 Å². The molecular formula is C28H36N4O9. The minimum absolute atomic E-state index is 0.0257. The summed E-state index contributed by atoms with van der Waals surface area (Å²) in [5.41, 5.74) is 7.23. The van der Waals surface area contributed by atoms with Crippen LogP contribution < -0.4 is 21.7 Å². The van der Waals surface area contributed by atoms with Gasteiger partial charge in [0.15, 0.2) is 0 Å². The molecule has 5 atom stereocenters. The standard InChI is InChI=1S/C28H36N4O9/c1-3-15(2)24(28(40)41)32-27(39)22(14-23(35)36)31-26(38)21(13-17-6-10-19(34)11-7-17)30-25(37)20(29)12-16-4-8-18(33)9-5-16/h4-11,15,20-22,24,33-34H,3,12-14,29H2,1-2H3,(H,30,37)(H,31,38)(H,32,39)(H,35,36)(H,40,41). The average molecular weight is 573 g/mol. The zero-order chi connectivity index (χ0) is 30.7. The molecule has 0 heterocycles. The van der Waals surface area contributed by atoms with Crippen molar-refractivity contribution in [2.75, 3.05) is 0 Å². The summed E-state index contributed by atoms with van der Waals surface area (Å²) < 4.78 is 0. The molecular weight excluding hydrogens is 536 g/mol. The maximum atomic E-state index is 13.3. The Labute approximate surface area is 236 Å².